The van der Waals surface area contributed by atoms with Crippen LogP contribution in [0, 0.1) is 46.8 Å². The molecule has 4 saturated carbocycles. The summed E-state index contributed by atoms with van der Waals surface area (Å²) in [6.45, 7) is 10.0. The fourth-order valence-electron chi connectivity index (χ4n) is 8.14. The third-order valence-electron chi connectivity index (χ3n) is 9.30. The minimum Gasteiger partial charge on any atom is -0.385 e. The molecule has 8 atom stereocenters. The molecule has 0 heterocycles. The molecule has 27 heavy (non-hydrogen) atoms. The van der Waals surface area contributed by atoms with Crippen LogP contribution < -0.4 is 0 Å². The zero-order valence-electron chi connectivity index (χ0n) is 18.6. The van der Waals surface area contributed by atoms with E-state index < -0.39 is 0 Å². The van der Waals surface area contributed by atoms with E-state index in [1.54, 1.807) is 0 Å². The van der Waals surface area contributed by atoms with Gasteiger partial charge in [0.2, 0.25) is 0 Å². The molecule has 156 valence electrons. The van der Waals surface area contributed by atoms with Crippen LogP contribution in [0.15, 0.2) is 0 Å². The molecule has 0 aromatic heterocycles. The summed E-state index contributed by atoms with van der Waals surface area (Å²) in [6, 6.07) is 0. The monoisotopic (exact) mass is 376 g/mol. The topological polar surface area (TPSA) is 26.3 Å². The van der Waals surface area contributed by atoms with Gasteiger partial charge in [-0.05, 0) is 98.2 Å². The number of carbonyl (C=O) groups is 1. The summed E-state index contributed by atoms with van der Waals surface area (Å²) in [6.07, 6.45) is 12.8. The standard InChI is InChI=1S/C23H38O2.C2H6/c1-15(11-13-25-3)21-8-9-22-20-6-4-16-14-17(24)5-7-18(16)19(20)10-12-23(21,22)2;1-2/h15-16,18-22H,4-14H2,1-3H3;1-2H3/t15-,16-,18+,19?,20-,21?,22?,23-;/m1./s1. The lowest BCUT2D eigenvalue weighted by Gasteiger charge is -2.56. The van der Waals surface area contributed by atoms with E-state index in [1.165, 1.54) is 51.4 Å². The van der Waals surface area contributed by atoms with E-state index in [0.29, 0.717) is 11.2 Å². The van der Waals surface area contributed by atoms with Gasteiger partial charge in [-0.3, -0.25) is 4.79 Å². The van der Waals surface area contributed by atoms with Gasteiger partial charge in [0.25, 0.3) is 0 Å². The molecule has 0 aromatic rings. The average Bonchev–Trinajstić information content (AvgIpc) is 3.04. The van der Waals surface area contributed by atoms with Gasteiger partial charge in [0.1, 0.15) is 5.78 Å². The van der Waals surface area contributed by atoms with Crippen molar-refractivity contribution in [3.05, 3.63) is 0 Å². The van der Waals surface area contributed by atoms with Crippen LogP contribution in [0.5, 0.6) is 0 Å². The van der Waals surface area contributed by atoms with Crippen molar-refractivity contribution in [2.45, 2.75) is 91.9 Å². The predicted octanol–water partition coefficient (Wildman–Crippen LogP) is 6.52. The van der Waals surface area contributed by atoms with Gasteiger partial charge in [-0.25, -0.2) is 0 Å². The van der Waals surface area contributed by atoms with Crippen molar-refractivity contribution < 1.29 is 9.53 Å². The average molecular weight is 377 g/mol. The second-order valence-corrected chi connectivity index (χ2v) is 10.2. The van der Waals surface area contributed by atoms with Crippen molar-refractivity contribution in [3.63, 3.8) is 0 Å². The molecule has 4 fully saturated rings. The van der Waals surface area contributed by atoms with Gasteiger partial charge in [0.05, 0.1) is 0 Å². The Kier molecular flexibility index (Phi) is 7.09. The van der Waals surface area contributed by atoms with Crippen LogP contribution in [0.25, 0.3) is 0 Å². The van der Waals surface area contributed by atoms with Crippen molar-refractivity contribution in [1.29, 1.82) is 0 Å². The zero-order chi connectivity index (χ0) is 19.6. The maximum Gasteiger partial charge on any atom is 0.133 e. The van der Waals surface area contributed by atoms with E-state index in [2.05, 4.69) is 13.8 Å². The number of ether oxygens (including phenoxy) is 1. The number of hydrogen-bond donors (Lipinski definition) is 0. The molecule has 0 bridgehead atoms. The number of carbonyl (C=O) groups excluding carboxylic acids is 1. The molecule has 0 amide bonds. The molecular formula is C25H44O2. The highest BCUT2D eigenvalue weighted by Gasteiger charge is 2.57. The number of fused-ring (bicyclic) bond motifs is 5. The van der Waals surface area contributed by atoms with E-state index in [4.69, 9.17) is 4.74 Å². The minimum atomic E-state index is 0.549. The van der Waals surface area contributed by atoms with E-state index in [1.807, 2.05) is 21.0 Å². The molecule has 0 saturated heterocycles. The fraction of sp³-hybridized carbons (Fsp3) is 0.960. The number of ketones is 1. The molecule has 2 heteroatoms. The fourth-order valence-corrected chi connectivity index (χ4v) is 8.14. The Labute approximate surface area is 168 Å². The van der Waals surface area contributed by atoms with Gasteiger partial charge in [-0.2, -0.15) is 0 Å². The summed E-state index contributed by atoms with van der Waals surface area (Å²) in [4.78, 5) is 11.9. The van der Waals surface area contributed by atoms with E-state index in [-0.39, 0.29) is 0 Å². The predicted molar refractivity (Wildman–Crippen MR) is 113 cm³/mol. The van der Waals surface area contributed by atoms with Gasteiger partial charge in [0, 0.05) is 26.6 Å². The van der Waals surface area contributed by atoms with Crippen LogP contribution in [0.1, 0.15) is 91.9 Å². The first-order valence-corrected chi connectivity index (χ1v) is 12.0. The Bertz CT molecular complexity index is 501. The first kappa shape index (κ1) is 21.3. The molecule has 2 nitrogen and oxygen atoms in total. The molecule has 4 rings (SSSR count). The Balaban J connectivity index is 0.00000102. The van der Waals surface area contributed by atoms with E-state index in [0.717, 1.165) is 60.9 Å². The third kappa shape index (κ3) is 3.89. The molecule has 4 aliphatic carbocycles. The Morgan fingerprint density at radius 3 is 2.56 bits per heavy atom. The van der Waals surface area contributed by atoms with Crippen molar-refractivity contribution in [2.24, 2.45) is 46.8 Å². The molecule has 4 aliphatic rings. The quantitative estimate of drug-likeness (QED) is 0.558. The number of rotatable bonds is 4. The molecule has 0 radical (unpaired) electrons. The molecular weight excluding hydrogens is 332 g/mol. The highest BCUT2D eigenvalue weighted by molar-refractivity contribution is 5.79. The van der Waals surface area contributed by atoms with Crippen molar-refractivity contribution >= 4 is 5.78 Å². The highest BCUT2D eigenvalue weighted by Crippen LogP contribution is 2.65. The summed E-state index contributed by atoms with van der Waals surface area (Å²) in [5.74, 6) is 6.74. The summed E-state index contributed by atoms with van der Waals surface area (Å²) >= 11 is 0. The van der Waals surface area contributed by atoms with Gasteiger partial charge in [0.15, 0.2) is 0 Å². The lowest BCUT2D eigenvalue weighted by molar-refractivity contribution is -0.127. The van der Waals surface area contributed by atoms with Crippen molar-refractivity contribution in [3.8, 4) is 0 Å². The second kappa shape index (κ2) is 8.97. The van der Waals surface area contributed by atoms with Crippen molar-refractivity contribution in [2.75, 3.05) is 13.7 Å². The zero-order valence-corrected chi connectivity index (χ0v) is 18.6. The maximum atomic E-state index is 11.9. The lowest BCUT2D eigenvalue weighted by Crippen LogP contribution is -2.49. The van der Waals surface area contributed by atoms with Gasteiger partial charge in [-0.15, -0.1) is 0 Å². The van der Waals surface area contributed by atoms with Crippen LogP contribution in [0.3, 0.4) is 0 Å². The summed E-state index contributed by atoms with van der Waals surface area (Å²) < 4.78 is 5.37. The van der Waals surface area contributed by atoms with Crippen molar-refractivity contribution in [1.82, 2.24) is 0 Å². The van der Waals surface area contributed by atoms with E-state index >= 15 is 0 Å². The number of Topliss-reactive ketones (excluding diaryl/α,β-unsaturated/α-hetero) is 1. The molecule has 3 unspecified atom stereocenters. The largest absolute Gasteiger partial charge is 0.385 e. The summed E-state index contributed by atoms with van der Waals surface area (Å²) in [5.41, 5.74) is 0.575. The third-order valence-corrected chi connectivity index (χ3v) is 9.30. The van der Waals surface area contributed by atoms with E-state index in [9.17, 15) is 4.79 Å². The van der Waals surface area contributed by atoms with Crippen LogP contribution in [0.2, 0.25) is 0 Å². The molecule has 0 aliphatic heterocycles. The number of hydrogen-bond acceptors (Lipinski definition) is 2. The Morgan fingerprint density at radius 1 is 1.04 bits per heavy atom. The molecule has 0 aromatic carbocycles. The van der Waals surface area contributed by atoms with Crippen LogP contribution in [-0.2, 0) is 9.53 Å². The van der Waals surface area contributed by atoms with Crippen LogP contribution in [-0.4, -0.2) is 19.5 Å². The van der Waals surface area contributed by atoms with Gasteiger partial charge < -0.3 is 4.74 Å². The summed E-state index contributed by atoms with van der Waals surface area (Å²) in [5, 5.41) is 0. The SMILES string of the molecule is CC.COCC[C@@H](C)C1CCC2[C@@H]3CC[C@@H]4CC(=O)CC[C@@H]4C3CC[C@@]21C. The first-order valence-electron chi connectivity index (χ1n) is 12.0. The van der Waals surface area contributed by atoms with Gasteiger partial charge >= 0.3 is 0 Å². The smallest absolute Gasteiger partial charge is 0.133 e. The highest BCUT2D eigenvalue weighted by atomic mass is 16.5. The lowest BCUT2D eigenvalue weighted by atomic mass is 9.49. The van der Waals surface area contributed by atoms with Gasteiger partial charge in [-0.1, -0.05) is 27.7 Å². The maximum absolute atomic E-state index is 11.9. The summed E-state index contributed by atoms with van der Waals surface area (Å²) in [7, 11) is 1.84. The Morgan fingerprint density at radius 2 is 1.81 bits per heavy atom. The normalized spacial score (nSPS) is 44.4. The minimum absolute atomic E-state index is 0.549. The number of methoxy groups -OCH3 is 1. The van der Waals surface area contributed by atoms with Crippen LogP contribution >= 0.6 is 0 Å². The molecule has 0 N–H and O–H groups in total. The van der Waals surface area contributed by atoms with Crippen LogP contribution in [0.4, 0.5) is 0 Å². The molecule has 0 spiro atoms. The first-order chi connectivity index (χ1) is 13.0. The second-order valence-electron chi connectivity index (χ2n) is 10.2. The Hall–Kier alpha value is -0.370.